The lowest BCUT2D eigenvalue weighted by Crippen LogP contribution is -2.17. The van der Waals surface area contributed by atoms with Crippen molar-refractivity contribution in [3.63, 3.8) is 0 Å². The summed E-state index contributed by atoms with van der Waals surface area (Å²) in [6.07, 6.45) is 4.90. The number of anilines is 1. The quantitative estimate of drug-likeness (QED) is 0.906. The van der Waals surface area contributed by atoms with Gasteiger partial charge in [-0.05, 0) is 47.5 Å². The number of pyridine rings is 1. The molecule has 0 bridgehead atoms. The van der Waals surface area contributed by atoms with E-state index < -0.39 is 0 Å². The predicted molar refractivity (Wildman–Crippen MR) is 72.0 cm³/mol. The number of nitrogens with zero attached hydrogens (tertiary/aromatic N) is 1. The van der Waals surface area contributed by atoms with Crippen LogP contribution in [0.2, 0.25) is 0 Å². The van der Waals surface area contributed by atoms with E-state index in [9.17, 15) is 4.39 Å². The van der Waals surface area contributed by atoms with Crippen molar-refractivity contribution in [2.45, 2.75) is 25.8 Å². The average molecular weight is 313 g/mol. The zero-order chi connectivity index (χ0) is 13.0. The van der Waals surface area contributed by atoms with E-state index in [0.29, 0.717) is 4.47 Å². The molecular weight excluding hydrogens is 299 g/mol. The van der Waals surface area contributed by atoms with Crippen molar-refractivity contribution in [2.24, 2.45) is 0 Å². The minimum Gasteiger partial charge on any atom is -0.469 e. The lowest BCUT2D eigenvalue weighted by molar-refractivity contribution is 0.494. The number of hydrogen-bond acceptors (Lipinski definition) is 3. The van der Waals surface area contributed by atoms with Gasteiger partial charge in [-0.1, -0.05) is 0 Å². The molecule has 0 aliphatic heterocycles. The maximum absolute atomic E-state index is 13.6. The molecule has 0 spiro atoms. The Balaban J connectivity index is 1.88. The van der Waals surface area contributed by atoms with Crippen LogP contribution in [0.1, 0.15) is 19.1 Å². The topological polar surface area (TPSA) is 38.1 Å². The molecule has 0 aliphatic carbocycles. The molecule has 0 radical (unpaired) electrons. The van der Waals surface area contributed by atoms with Crippen LogP contribution >= 0.6 is 15.9 Å². The van der Waals surface area contributed by atoms with Gasteiger partial charge in [-0.3, -0.25) is 0 Å². The summed E-state index contributed by atoms with van der Waals surface area (Å²) in [4.78, 5) is 4.01. The largest absolute Gasteiger partial charge is 0.469 e. The van der Waals surface area contributed by atoms with Crippen LogP contribution in [0.3, 0.4) is 0 Å². The summed E-state index contributed by atoms with van der Waals surface area (Å²) in [6.45, 7) is 1.99. The maximum Gasteiger partial charge on any atom is 0.166 e. The normalized spacial score (nSPS) is 12.4. The Morgan fingerprint density at radius 2 is 2.39 bits per heavy atom. The third-order valence-corrected chi connectivity index (χ3v) is 3.03. The van der Waals surface area contributed by atoms with Crippen molar-refractivity contribution in [1.82, 2.24) is 4.98 Å². The smallest absolute Gasteiger partial charge is 0.166 e. The fraction of sp³-hybridized carbons (Fsp3) is 0.308. The zero-order valence-corrected chi connectivity index (χ0v) is 11.6. The lowest BCUT2D eigenvalue weighted by atomic mass is 10.1. The fourth-order valence-electron chi connectivity index (χ4n) is 1.64. The van der Waals surface area contributed by atoms with Crippen molar-refractivity contribution in [3.8, 4) is 0 Å². The standard InChI is InChI=1S/C13H14BrFN2O/c1-9(4-5-11-3-2-6-18-11)17-13-12(15)7-10(14)8-16-13/h2-3,6-9H,4-5H2,1H3,(H,16,17). The summed E-state index contributed by atoms with van der Waals surface area (Å²) in [7, 11) is 0. The van der Waals surface area contributed by atoms with Crippen LogP contribution < -0.4 is 5.32 Å². The van der Waals surface area contributed by atoms with E-state index in [1.807, 2.05) is 19.1 Å². The molecule has 2 rings (SSSR count). The molecule has 0 aliphatic rings. The van der Waals surface area contributed by atoms with Crippen LogP contribution in [0, 0.1) is 5.82 Å². The van der Waals surface area contributed by atoms with E-state index in [1.165, 1.54) is 6.07 Å². The van der Waals surface area contributed by atoms with E-state index in [2.05, 4.69) is 26.2 Å². The first-order valence-corrected chi connectivity index (χ1v) is 6.54. The van der Waals surface area contributed by atoms with Crippen LogP contribution in [0.5, 0.6) is 0 Å². The molecule has 0 aromatic carbocycles. The van der Waals surface area contributed by atoms with E-state index >= 15 is 0 Å². The number of aryl methyl sites for hydroxylation is 1. The predicted octanol–water partition coefficient (Wildman–Crippen LogP) is 4.01. The Bertz CT molecular complexity index is 502. The maximum atomic E-state index is 13.6. The summed E-state index contributed by atoms with van der Waals surface area (Å²) in [6, 6.07) is 5.32. The van der Waals surface area contributed by atoms with Gasteiger partial charge in [0.1, 0.15) is 5.76 Å². The van der Waals surface area contributed by atoms with Crippen molar-refractivity contribution < 1.29 is 8.81 Å². The highest BCUT2D eigenvalue weighted by molar-refractivity contribution is 9.10. The van der Waals surface area contributed by atoms with E-state index in [-0.39, 0.29) is 17.7 Å². The number of nitrogens with one attached hydrogen (secondary N) is 1. The summed E-state index contributed by atoms with van der Waals surface area (Å²) >= 11 is 3.18. The minimum atomic E-state index is -0.353. The highest BCUT2D eigenvalue weighted by atomic mass is 79.9. The van der Waals surface area contributed by atoms with Gasteiger partial charge in [0.15, 0.2) is 11.6 Å². The first kappa shape index (κ1) is 13.1. The van der Waals surface area contributed by atoms with Gasteiger partial charge < -0.3 is 9.73 Å². The van der Waals surface area contributed by atoms with Gasteiger partial charge in [-0.25, -0.2) is 9.37 Å². The van der Waals surface area contributed by atoms with E-state index in [4.69, 9.17) is 4.42 Å². The Morgan fingerprint density at radius 3 is 3.06 bits per heavy atom. The monoisotopic (exact) mass is 312 g/mol. The van der Waals surface area contributed by atoms with E-state index in [1.54, 1.807) is 12.5 Å². The van der Waals surface area contributed by atoms with Crippen LogP contribution in [0.25, 0.3) is 0 Å². The van der Waals surface area contributed by atoms with Gasteiger partial charge in [0.05, 0.1) is 6.26 Å². The molecule has 96 valence electrons. The molecule has 18 heavy (non-hydrogen) atoms. The van der Waals surface area contributed by atoms with Crippen LogP contribution in [0.4, 0.5) is 10.2 Å². The molecule has 2 aromatic rings. The highest BCUT2D eigenvalue weighted by Gasteiger charge is 2.09. The average Bonchev–Trinajstić information content (AvgIpc) is 2.83. The molecule has 2 aromatic heterocycles. The Hall–Kier alpha value is -1.36. The van der Waals surface area contributed by atoms with Gasteiger partial charge >= 0.3 is 0 Å². The SMILES string of the molecule is CC(CCc1ccco1)Nc1ncc(Br)cc1F. The molecule has 0 amide bonds. The summed E-state index contributed by atoms with van der Waals surface area (Å²) in [5.74, 6) is 0.868. The van der Waals surface area contributed by atoms with E-state index in [0.717, 1.165) is 18.6 Å². The minimum absolute atomic E-state index is 0.123. The third kappa shape index (κ3) is 3.57. The number of aromatic nitrogens is 1. The molecular formula is C13H14BrFN2O. The number of rotatable bonds is 5. The Labute approximate surface area is 114 Å². The second-order valence-electron chi connectivity index (χ2n) is 4.15. The highest BCUT2D eigenvalue weighted by Crippen LogP contribution is 2.17. The van der Waals surface area contributed by atoms with Crippen molar-refractivity contribution >= 4 is 21.7 Å². The summed E-state index contributed by atoms with van der Waals surface area (Å²) < 4.78 is 19.4. The molecule has 1 N–H and O–H groups in total. The summed E-state index contributed by atoms with van der Waals surface area (Å²) in [5, 5.41) is 3.05. The fourth-order valence-corrected chi connectivity index (χ4v) is 1.94. The molecule has 0 saturated carbocycles. The van der Waals surface area contributed by atoms with Crippen LogP contribution in [0.15, 0.2) is 39.5 Å². The number of halogens is 2. The first-order valence-electron chi connectivity index (χ1n) is 5.75. The lowest BCUT2D eigenvalue weighted by Gasteiger charge is -2.14. The van der Waals surface area contributed by atoms with Crippen molar-refractivity contribution in [3.05, 3.63) is 46.7 Å². The number of furan rings is 1. The molecule has 0 saturated heterocycles. The van der Waals surface area contributed by atoms with Crippen LogP contribution in [-0.4, -0.2) is 11.0 Å². The molecule has 3 nitrogen and oxygen atoms in total. The van der Waals surface area contributed by atoms with Gasteiger partial charge in [0, 0.05) is 23.1 Å². The zero-order valence-electron chi connectivity index (χ0n) is 9.99. The van der Waals surface area contributed by atoms with Crippen LogP contribution in [-0.2, 0) is 6.42 Å². The number of hydrogen-bond donors (Lipinski definition) is 1. The molecule has 1 unspecified atom stereocenters. The Kier molecular flexibility index (Phi) is 4.36. The summed E-state index contributed by atoms with van der Waals surface area (Å²) in [5.41, 5.74) is 0. The van der Waals surface area contributed by atoms with Crippen molar-refractivity contribution in [2.75, 3.05) is 5.32 Å². The molecule has 0 fully saturated rings. The first-order chi connectivity index (χ1) is 8.65. The van der Waals surface area contributed by atoms with Gasteiger partial charge in [-0.2, -0.15) is 0 Å². The van der Waals surface area contributed by atoms with Crippen molar-refractivity contribution in [1.29, 1.82) is 0 Å². The Morgan fingerprint density at radius 1 is 1.56 bits per heavy atom. The second kappa shape index (κ2) is 6.00. The molecule has 1 atom stereocenters. The second-order valence-corrected chi connectivity index (χ2v) is 5.06. The van der Waals surface area contributed by atoms with Gasteiger partial charge in [-0.15, -0.1) is 0 Å². The molecule has 5 heteroatoms. The third-order valence-electron chi connectivity index (χ3n) is 2.59. The van der Waals surface area contributed by atoms with Gasteiger partial charge in [0.2, 0.25) is 0 Å². The van der Waals surface area contributed by atoms with Gasteiger partial charge in [0.25, 0.3) is 0 Å². The molecule has 2 heterocycles.